The Hall–Kier alpha value is -1.94. The van der Waals surface area contributed by atoms with Crippen molar-refractivity contribution in [2.75, 3.05) is 0 Å². The molecule has 0 bridgehead atoms. The van der Waals surface area contributed by atoms with Crippen LogP contribution in [-0.2, 0) is 0 Å². The molecule has 2 rings (SSSR count). The predicted octanol–water partition coefficient (Wildman–Crippen LogP) is 2.63. The molecule has 1 atom stereocenters. The Bertz CT molecular complexity index is 630. The highest BCUT2D eigenvalue weighted by atomic mass is 16.3. The minimum absolute atomic E-state index is 0.0279. The van der Waals surface area contributed by atoms with Gasteiger partial charge in [-0.1, -0.05) is 0 Å². The van der Waals surface area contributed by atoms with Gasteiger partial charge in [0, 0.05) is 5.56 Å². The molecular weight excluding hydrogens is 232 g/mol. The number of aromatic hydroxyl groups is 3. The van der Waals surface area contributed by atoms with Crippen LogP contribution in [0.25, 0.3) is 10.8 Å². The van der Waals surface area contributed by atoms with E-state index in [4.69, 9.17) is 0 Å². The minimum atomic E-state index is -0.802. The van der Waals surface area contributed by atoms with Crippen LogP contribution in [0.15, 0.2) is 12.1 Å². The fraction of sp³-hybridized carbons (Fsp3) is 0.286. The fourth-order valence-corrected chi connectivity index (χ4v) is 2.36. The molecule has 4 nitrogen and oxygen atoms in total. The lowest BCUT2D eigenvalue weighted by atomic mass is 9.92. The van der Waals surface area contributed by atoms with E-state index >= 15 is 0 Å². The molecule has 18 heavy (non-hydrogen) atoms. The number of fused-ring (bicyclic) bond motifs is 1. The van der Waals surface area contributed by atoms with Crippen LogP contribution < -0.4 is 0 Å². The van der Waals surface area contributed by atoms with Crippen LogP contribution in [0.2, 0.25) is 0 Å². The number of aliphatic hydroxyl groups excluding tert-OH is 1. The first-order valence-electron chi connectivity index (χ1n) is 5.70. The molecule has 2 aromatic carbocycles. The first-order chi connectivity index (χ1) is 8.34. The summed E-state index contributed by atoms with van der Waals surface area (Å²) in [6.45, 7) is 5.05. The van der Waals surface area contributed by atoms with E-state index < -0.39 is 6.10 Å². The van der Waals surface area contributed by atoms with Crippen LogP contribution in [0.5, 0.6) is 17.2 Å². The summed E-state index contributed by atoms with van der Waals surface area (Å²) in [5, 5.41) is 40.3. The normalized spacial score (nSPS) is 12.9. The molecule has 0 saturated heterocycles. The van der Waals surface area contributed by atoms with Crippen molar-refractivity contribution in [1.29, 1.82) is 0 Å². The Kier molecular flexibility index (Phi) is 2.83. The van der Waals surface area contributed by atoms with Crippen molar-refractivity contribution in [1.82, 2.24) is 0 Å². The maximum Gasteiger partial charge on any atom is 0.158 e. The third kappa shape index (κ3) is 1.66. The molecule has 4 N–H and O–H groups in total. The molecule has 2 aromatic rings. The van der Waals surface area contributed by atoms with Crippen molar-refractivity contribution in [2.45, 2.75) is 26.9 Å². The van der Waals surface area contributed by atoms with Crippen molar-refractivity contribution >= 4 is 10.8 Å². The maximum atomic E-state index is 10.1. The second-order valence-corrected chi connectivity index (χ2v) is 4.57. The van der Waals surface area contributed by atoms with Gasteiger partial charge in [-0.3, -0.25) is 0 Å². The second-order valence-electron chi connectivity index (χ2n) is 4.57. The van der Waals surface area contributed by atoms with Crippen LogP contribution in [0.1, 0.15) is 29.7 Å². The highest BCUT2D eigenvalue weighted by Gasteiger charge is 2.18. The summed E-state index contributed by atoms with van der Waals surface area (Å²) in [7, 11) is 0. The van der Waals surface area contributed by atoms with Crippen molar-refractivity contribution in [2.24, 2.45) is 0 Å². The van der Waals surface area contributed by atoms with Gasteiger partial charge in [-0.15, -0.1) is 0 Å². The number of phenolic OH excluding ortho intramolecular Hbond substituents is 3. The Morgan fingerprint density at radius 1 is 0.889 bits per heavy atom. The van der Waals surface area contributed by atoms with E-state index in [0.717, 1.165) is 0 Å². The number of aliphatic hydroxyl groups is 1. The number of rotatable bonds is 1. The number of hydrogen-bond donors (Lipinski definition) is 4. The largest absolute Gasteiger partial charge is 0.507 e. The fourth-order valence-electron chi connectivity index (χ4n) is 2.36. The van der Waals surface area contributed by atoms with Gasteiger partial charge in [0.15, 0.2) is 11.5 Å². The number of hydrogen-bond acceptors (Lipinski definition) is 4. The van der Waals surface area contributed by atoms with E-state index in [0.29, 0.717) is 27.5 Å². The number of aryl methyl sites for hydroxylation is 2. The molecule has 0 radical (unpaired) electrons. The molecule has 0 aliphatic carbocycles. The predicted molar refractivity (Wildman–Crippen MR) is 69.1 cm³/mol. The van der Waals surface area contributed by atoms with Gasteiger partial charge in [0.1, 0.15) is 5.75 Å². The Morgan fingerprint density at radius 3 is 1.78 bits per heavy atom. The SMILES string of the molecule is Cc1c(O)c([C@@H](C)O)c(C)c2cc(O)c(O)cc12. The van der Waals surface area contributed by atoms with Gasteiger partial charge in [0.2, 0.25) is 0 Å². The molecule has 0 aliphatic heterocycles. The molecule has 0 unspecified atom stereocenters. The lowest BCUT2D eigenvalue weighted by Gasteiger charge is -2.17. The molecule has 4 heteroatoms. The Morgan fingerprint density at radius 2 is 1.33 bits per heavy atom. The summed E-state index contributed by atoms with van der Waals surface area (Å²) < 4.78 is 0. The molecule has 0 aromatic heterocycles. The van der Waals surface area contributed by atoms with E-state index in [9.17, 15) is 20.4 Å². The third-order valence-corrected chi connectivity index (χ3v) is 3.35. The zero-order valence-electron chi connectivity index (χ0n) is 10.5. The zero-order chi connectivity index (χ0) is 13.6. The van der Waals surface area contributed by atoms with Gasteiger partial charge in [0.05, 0.1) is 6.10 Å². The second kappa shape index (κ2) is 4.07. The van der Waals surface area contributed by atoms with Gasteiger partial charge in [-0.2, -0.15) is 0 Å². The van der Waals surface area contributed by atoms with Crippen LogP contribution in [0.4, 0.5) is 0 Å². The van der Waals surface area contributed by atoms with Gasteiger partial charge in [-0.25, -0.2) is 0 Å². The Labute approximate surface area is 105 Å². The number of benzene rings is 2. The minimum Gasteiger partial charge on any atom is -0.507 e. The molecule has 0 spiro atoms. The lowest BCUT2D eigenvalue weighted by Crippen LogP contribution is -1.99. The summed E-state index contributed by atoms with van der Waals surface area (Å²) in [6.07, 6.45) is -0.802. The van der Waals surface area contributed by atoms with Crippen molar-refractivity contribution < 1.29 is 20.4 Å². The summed E-state index contributed by atoms with van der Waals surface area (Å²) in [6, 6.07) is 2.86. The zero-order valence-corrected chi connectivity index (χ0v) is 10.5. The van der Waals surface area contributed by atoms with Gasteiger partial charge >= 0.3 is 0 Å². The monoisotopic (exact) mass is 248 g/mol. The van der Waals surface area contributed by atoms with E-state index in [1.165, 1.54) is 12.1 Å². The smallest absolute Gasteiger partial charge is 0.158 e. The van der Waals surface area contributed by atoms with Crippen molar-refractivity contribution in [3.63, 3.8) is 0 Å². The van der Waals surface area contributed by atoms with E-state index in [1.807, 2.05) is 0 Å². The first-order valence-corrected chi connectivity index (χ1v) is 5.70. The van der Waals surface area contributed by atoms with Crippen molar-refractivity contribution in [3.8, 4) is 17.2 Å². The van der Waals surface area contributed by atoms with Gasteiger partial charge in [0.25, 0.3) is 0 Å². The summed E-state index contributed by atoms with van der Waals surface area (Å²) in [5.41, 5.74) is 1.71. The van der Waals surface area contributed by atoms with Gasteiger partial charge < -0.3 is 20.4 Å². The standard InChI is InChI=1S/C14H16O4/c1-6-9-4-11(16)12(17)5-10(9)7(2)14(18)13(6)8(3)15/h4-5,8,15-18H,1-3H3/t8-/m1/s1. The average molecular weight is 248 g/mol. The van der Waals surface area contributed by atoms with E-state index in [1.54, 1.807) is 20.8 Å². The quantitative estimate of drug-likeness (QED) is 0.585. The molecule has 0 fully saturated rings. The Balaban J connectivity index is 2.98. The van der Waals surface area contributed by atoms with Crippen LogP contribution >= 0.6 is 0 Å². The lowest BCUT2D eigenvalue weighted by molar-refractivity contribution is 0.194. The first kappa shape index (κ1) is 12.5. The van der Waals surface area contributed by atoms with Crippen LogP contribution in [-0.4, -0.2) is 20.4 Å². The summed E-state index contributed by atoms with van der Waals surface area (Å²) in [4.78, 5) is 0. The molecule has 0 saturated carbocycles. The molecule has 0 heterocycles. The molecule has 0 amide bonds. The third-order valence-electron chi connectivity index (χ3n) is 3.35. The highest BCUT2D eigenvalue weighted by molar-refractivity contribution is 5.94. The van der Waals surface area contributed by atoms with Gasteiger partial charge in [-0.05, 0) is 54.8 Å². The van der Waals surface area contributed by atoms with Crippen LogP contribution in [0, 0.1) is 13.8 Å². The highest BCUT2D eigenvalue weighted by Crippen LogP contribution is 2.41. The maximum absolute atomic E-state index is 10.1. The average Bonchev–Trinajstić information content (AvgIpc) is 2.29. The molecular formula is C14H16O4. The van der Waals surface area contributed by atoms with E-state index in [2.05, 4.69) is 0 Å². The summed E-state index contributed by atoms with van der Waals surface area (Å²) >= 11 is 0. The molecule has 96 valence electrons. The number of phenols is 3. The summed E-state index contributed by atoms with van der Waals surface area (Å²) in [5.74, 6) is -0.415. The topological polar surface area (TPSA) is 80.9 Å². The molecule has 0 aliphatic rings. The van der Waals surface area contributed by atoms with Crippen molar-refractivity contribution in [3.05, 3.63) is 28.8 Å². The van der Waals surface area contributed by atoms with E-state index in [-0.39, 0.29) is 17.2 Å². The van der Waals surface area contributed by atoms with Crippen LogP contribution in [0.3, 0.4) is 0 Å².